The second-order valence-corrected chi connectivity index (χ2v) is 3.17. The maximum absolute atomic E-state index is 12.2. The Labute approximate surface area is 91.3 Å². The van der Waals surface area contributed by atoms with E-state index >= 15 is 0 Å². The quantitative estimate of drug-likeness (QED) is 0.795. The lowest BCUT2D eigenvalue weighted by atomic mass is 10.2. The Morgan fingerprint density at radius 2 is 1.88 bits per heavy atom. The van der Waals surface area contributed by atoms with Crippen LogP contribution in [0.3, 0.4) is 0 Å². The van der Waals surface area contributed by atoms with E-state index in [0.717, 1.165) is 12.1 Å². The van der Waals surface area contributed by atoms with E-state index in [4.69, 9.17) is 10.00 Å². The highest BCUT2D eigenvalue weighted by Crippen LogP contribution is 2.30. The molecule has 1 rings (SSSR count). The van der Waals surface area contributed by atoms with Crippen molar-refractivity contribution < 1.29 is 17.9 Å². The van der Waals surface area contributed by atoms with Crippen LogP contribution >= 0.6 is 0 Å². The van der Waals surface area contributed by atoms with Gasteiger partial charge in [-0.3, -0.25) is 0 Å². The lowest BCUT2D eigenvalue weighted by molar-refractivity contribution is -0.137. The summed E-state index contributed by atoms with van der Waals surface area (Å²) in [5, 5.41) is 8.62. The van der Waals surface area contributed by atoms with Gasteiger partial charge in [0, 0.05) is 0 Å². The summed E-state index contributed by atoms with van der Waals surface area (Å²) in [6.07, 6.45) is -4.49. The van der Waals surface area contributed by atoms with Gasteiger partial charge in [0.1, 0.15) is 11.8 Å². The van der Waals surface area contributed by atoms with Gasteiger partial charge in [-0.2, -0.15) is 18.4 Å². The maximum Gasteiger partial charge on any atom is 0.416 e. The summed E-state index contributed by atoms with van der Waals surface area (Å²) < 4.78 is 41.8. The first kappa shape index (κ1) is 12.4. The Morgan fingerprint density at radius 3 is 2.25 bits per heavy atom. The average Bonchev–Trinajstić information content (AvgIpc) is 2.25. The van der Waals surface area contributed by atoms with Crippen LogP contribution in [0.2, 0.25) is 0 Å². The number of benzene rings is 1. The molecule has 5 heteroatoms. The summed E-state index contributed by atoms with van der Waals surface area (Å²) in [5.41, 5.74) is -0.732. The number of hydrogen-bond donors (Lipinski definition) is 0. The van der Waals surface area contributed by atoms with Crippen LogP contribution in [0.25, 0.3) is 0 Å². The van der Waals surface area contributed by atoms with Crippen molar-refractivity contribution in [2.24, 2.45) is 0 Å². The van der Waals surface area contributed by atoms with E-state index in [1.807, 2.05) is 6.07 Å². The summed E-state index contributed by atoms with van der Waals surface area (Å²) in [6.45, 7) is 1.76. The molecule has 0 saturated heterocycles. The lowest BCUT2D eigenvalue weighted by Crippen LogP contribution is -2.12. The number of hydrogen-bond acceptors (Lipinski definition) is 2. The first-order valence-corrected chi connectivity index (χ1v) is 4.71. The van der Waals surface area contributed by atoms with E-state index in [9.17, 15) is 13.2 Å². The molecular formula is C11H10F3NO. The van der Waals surface area contributed by atoms with Crippen molar-refractivity contribution in [3.63, 3.8) is 0 Å². The van der Waals surface area contributed by atoms with Crippen molar-refractivity contribution in [3.05, 3.63) is 29.8 Å². The Bertz CT molecular complexity index is 378. The monoisotopic (exact) mass is 229 g/mol. The molecule has 0 aliphatic heterocycles. The Kier molecular flexibility index (Phi) is 3.78. The third-order valence-electron chi connectivity index (χ3n) is 1.97. The number of nitriles is 1. The van der Waals surface area contributed by atoms with Crippen molar-refractivity contribution in [3.8, 4) is 11.8 Å². The number of rotatable bonds is 3. The minimum Gasteiger partial charge on any atom is -0.476 e. The van der Waals surface area contributed by atoms with Gasteiger partial charge in [0.25, 0.3) is 0 Å². The molecule has 0 saturated carbocycles. The van der Waals surface area contributed by atoms with Gasteiger partial charge >= 0.3 is 6.18 Å². The van der Waals surface area contributed by atoms with E-state index in [0.29, 0.717) is 6.42 Å². The first-order chi connectivity index (χ1) is 7.47. The van der Waals surface area contributed by atoms with Gasteiger partial charge in [-0.1, -0.05) is 6.92 Å². The topological polar surface area (TPSA) is 33.0 Å². The smallest absolute Gasteiger partial charge is 0.416 e. The summed E-state index contributed by atoms with van der Waals surface area (Å²) in [7, 11) is 0. The zero-order chi connectivity index (χ0) is 12.2. The molecule has 0 N–H and O–H groups in total. The van der Waals surface area contributed by atoms with E-state index in [-0.39, 0.29) is 5.75 Å². The molecule has 0 spiro atoms. The van der Waals surface area contributed by atoms with Crippen LogP contribution in [0.15, 0.2) is 24.3 Å². The normalized spacial score (nSPS) is 12.9. The van der Waals surface area contributed by atoms with Gasteiger partial charge in [-0.05, 0) is 30.7 Å². The molecular weight excluding hydrogens is 219 g/mol. The Balaban J connectivity index is 2.77. The van der Waals surface area contributed by atoms with E-state index in [1.54, 1.807) is 6.92 Å². The van der Waals surface area contributed by atoms with E-state index in [2.05, 4.69) is 0 Å². The van der Waals surface area contributed by atoms with Crippen LogP contribution in [0.4, 0.5) is 13.2 Å². The van der Waals surface area contributed by atoms with Gasteiger partial charge in [0.15, 0.2) is 6.10 Å². The van der Waals surface area contributed by atoms with Crippen LogP contribution in [0, 0.1) is 11.3 Å². The van der Waals surface area contributed by atoms with Gasteiger partial charge in [0.05, 0.1) is 5.56 Å². The minimum absolute atomic E-state index is 0.265. The Hall–Kier alpha value is -1.70. The average molecular weight is 229 g/mol. The highest BCUT2D eigenvalue weighted by Gasteiger charge is 2.30. The number of halogens is 3. The molecule has 0 radical (unpaired) electrons. The highest BCUT2D eigenvalue weighted by atomic mass is 19.4. The number of alkyl halides is 3. The third-order valence-corrected chi connectivity index (χ3v) is 1.97. The third kappa shape index (κ3) is 3.16. The predicted octanol–water partition coefficient (Wildman–Crippen LogP) is 3.39. The molecule has 0 amide bonds. The van der Waals surface area contributed by atoms with Crippen molar-refractivity contribution in [2.45, 2.75) is 25.6 Å². The van der Waals surface area contributed by atoms with Gasteiger partial charge in [0.2, 0.25) is 0 Å². The molecule has 0 aliphatic rings. The first-order valence-electron chi connectivity index (χ1n) is 4.71. The highest BCUT2D eigenvalue weighted by molar-refractivity contribution is 5.29. The molecule has 0 bridgehead atoms. The van der Waals surface area contributed by atoms with E-state index in [1.165, 1.54) is 12.1 Å². The molecule has 0 fully saturated rings. The fourth-order valence-corrected chi connectivity index (χ4v) is 1.09. The second kappa shape index (κ2) is 4.88. The Morgan fingerprint density at radius 1 is 1.31 bits per heavy atom. The van der Waals surface area contributed by atoms with Crippen molar-refractivity contribution >= 4 is 0 Å². The van der Waals surface area contributed by atoms with Crippen LogP contribution in [0.5, 0.6) is 5.75 Å². The second-order valence-electron chi connectivity index (χ2n) is 3.17. The molecule has 1 aromatic rings. The lowest BCUT2D eigenvalue weighted by Gasteiger charge is -2.11. The molecule has 0 heterocycles. The van der Waals surface area contributed by atoms with Gasteiger partial charge in [-0.25, -0.2) is 0 Å². The molecule has 0 aromatic heterocycles. The van der Waals surface area contributed by atoms with Crippen molar-refractivity contribution in [2.75, 3.05) is 0 Å². The van der Waals surface area contributed by atoms with Gasteiger partial charge < -0.3 is 4.74 Å². The number of ether oxygens (including phenoxy) is 1. The van der Waals surface area contributed by atoms with Crippen LogP contribution in [-0.2, 0) is 6.18 Å². The molecule has 1 atom stereocenters. The standard InChI is InChI=1S/C11H10F3NO/c1-2-9(7-15)16-10-5-3-8(4-6-10)11(12,13)14/h3-6,9H,2H2,1H3. The van der Waals surface area contributed by atoms with Crippen LogP contribution in [0.1, 0.15) is 18.9 Å². The van der Waals surface area contributed by atoms with Crippen LogP contribution in [-0.4, -0.2) is 6.10 Å². The molecule has 0 aliphatic carbocycles. The van der Waals surface area contributed by atoms with Crippen molar-refractivity contribution in [1.29, 1.82) is 5.26 Å². The zero-order valence-corrected chi connectivity index (χ0v) is 8.58. The molecule has 86 valence electrons. The fourth-order valence-electron chi connectivity index (χ4n) is 1.09. The summed E-state index contributed by atoms with van der Waals surface area (Å²) in [6, 6.07) is 6.18. The fraction of sp³-hybridized carbons (Fsp3) is 0.364. The largest absolute Gasteiger partial charge is 0.476 e. The molecule has 1 unspecified atom stereocenters. The zero-order valence-electron chi connectivity index (χ0n) is 8.58. The minimum atomic E-state index is -4.35. The van der Waals surface area contributed by atoms with Gasteiger partial charge in [-0.15, -0.1) is 0 Å². The predicted molar refractivity (Wildman–Crippen MR) is 51.8 cm³/mol. The van der Waals surface area contributed by atoms with Crippen LogP contribution < -0.4 is 4.74 Å². The molecule has 16 heavy (non-hydrogen) atoms. The summed E-state index contributed by atoms with van der Waals surface area (Å²) in [5.74, 6) is 0.265. The van der Waals surface area contributed by atoms with E-state index < -0.39 is 17.8 Å². The van der Waals surface area contributed by atoms with Crippen molar-refractivity contribution in [1.82, 2.24) is 0 Å². The number of nitrogens with zero attached hydrogens (tertiary/aromatic N) is 1. The summed E-state index contributed by atoms with van der Waals surface area (Å²) in [4.78, 5) is 0. The SMILES string of the molecule is CCC(C#N)Oc1ccc(C(F)(F)F)cc1. The molecule has 2 nitrogen and oxygen atoms in total. The molecule has 1 aromatic carbocycles. The maximum atomic E-state index is 12.2. The summed E-state index contributed by atoms with van der Waals surface area (Å²) >= 11 is 0.